The number of rotatable bonds is 3. The number of carboxylic acid groups (broad SMARTS) is 2. The number of hydrogen-bond donors (Lipinski definition) is 3. The molecule has 0 aromatic heterocycles. The van der Waals surface area contributed by atoms with E-state index in [4.69, 9.17) is 14.8 Å². The van der Waals surface area contributed by atoms with Crippen molar-refractivity contribution in [2.45, 2.75) is 4.90 Å². The zero-order valence-electron chi connectivity index (χ0n) is 8.61. The maximum absolute atomic E-state index is 10.8. The molecular weight excluding hydrogens is 263 g/mol. The predicted octanol–water partition coefficient (Wildman–Crippen LogP) is -0.0511. The van der Waals surface area contributed by atoms with Gasteiger partial charge in [-0.25, -0.2) is 9.59 Å². The van der Waals surface area contributed by atoms with Crippen LogP contribution in [0.15, 0.2) is 23.1 Å². The third-order valence-corrected chi connectivity index (χ3v) is 2.64. The largest absolute Gasteiger partial charge is 0.478 e. The Bertz CT molecular complexity index is 563. The fourth-order valence-corrected chi connectivity index (χ4v) is 1.85. The second kappa shape index (κ2) is 5.61. The third kappa shape index (κ3) is 3.51. The van der Waals surface area contributed by atoms with Gasteiger partial charge in [-0.1, -0.05) is 6.07 Å². The Morgan fingerprint density at radius 3 is 1.94 bits per heavy atom. The van der Waals surface area contributed by atoms with Gasteiger partial charge in [-0.3, -0.25) is 4.55 Å². The monoisotopic (exact) mass is 269 g/mol. The van der Waals surface area contributed by atoms with Crippen LogP contribution in [0.1, 0.15) is 20.7 Å². The summed E-state index contributed by atoms with van der Waals surface area (Å²) < 4.78 is 30.4. The first-order chi connectivity index (χ1) is 7.25. The van der Waals surface area contributed by atoms with Crippen LogP contribution in [-0.2, 0) is 10.1 Å². The van der Waals surface area contributed by atoms with E-state index in [1.165, 1.54) is 0 Å². The summed E-state index contributed by atoms with van der Waals surface area (Å²) in [7, 11) is -4.78. The Kier molecular flexibility index (Phi) is 5.30. The third-order valence-electron chi connectivity index (χ3n) is 1.75. The molecule has 1 aromatic carbocycles. The molecule has 0 bridgehead atoms. The van der Waals surface area contributed by atoms with Crippen molar-refractivity contribution in [3.8, 4) is 0 Å². The predicted molar refractivity (Wildman–Crippen MR) is 55.9 cm³/mol. The Morgan fingerprint density at radius 1 is 1.06 bits per heavy atom. The van der Waals surface area contributed by atoms with E-state index in [0.717, 1.165) is 18.2 Å². The van der Waals surface area contributed by atoms with Gasteiger partial charge < -0.3 is 10.2 Å². The van der Waals surface area contributed by atoms with Crippen molar-refractivity contribution in [3.63, 3.8) is 0 Å². The number of carboxylic acids is 2. The molecule has 0 aliphatic rings. The number of benzene rings is 1. The molecular formula is C8H6NaO7S. The average Bonchev–Trinajstić information content (AvgIpc) is 2.14. The van der Waals surface area contributed by atoms with Crippen LogP contribution in [0.4, 0.5) is 0 Å². The molecule has 17 heavy (non-hydrogen) atoms. The van der Waals surface area contributed by atoms with Crippen molar-refractivity contribution < 1.29 is 32.8 Å². The molecule has 87 valence electrons. The normalized spacial score (nSPS) is 10.4. The van der Waals surface area contributed by atoms with Crippen molar-refractivity contribution in [3.05, 3.63) is 29.3 Å². The van der Waals surface area contributed by atoms with Crippen molar-refractivity contribution in [1.29, 1.82) is 0 Å². The molecule has 0 amide bonds. The minimum absolute atomic E-state index is 0. The van der Waals surface area contributed by atoms with Gasteiger partial charge in [-0.05, 0) is 12.1 Å². The first kappa shape index (κ1) is 16.1. The van der Waals surface area contributed by atoms with Gasteiger partial charge in [0.05, 0.1) is 11.1 Å². The summed E-state index contributed by atoms with van der Waals surface area (Å²) in [4.78, 5) is 20.5. The maximum Gasteiger partial charge on any atom is 0.338 e. The van der Waals surface area contributed by atoms with E-state index in [2.05, 4.69) is 0 Å². The number of aromatic carboxylic acids is 2. The Hall–Kier alpha value is -0.930. The summed E-state index contributed by atoms with van der Waals surface area (Å²) in [5.74, 6) is -3.34. The van der Waals surface area contributed by atoms with Crippen LogP contribution in [-0.4, -0.2) is 64.7 Å². The summed E-state index contributed by atoms with van der Waals surface area (Å²) in [6, 6.07) is 2.77. The van der Waals surface area contributed by atoms with E-state index in [0.29, 0.717) is 0 Å². The molecule has 7 nitrogen and oxygen atoms in total. The van der Waals surface area contributed by atoms with Crippen LogP contribution < -0.4 is 0 Å². The molecule has 0 spiro atoms. The Labute approximate surface area is 118 Å². The molecule has 0 heterocycles. The van der Waals surface area contributed by atoms with E-state index in [9.17, 15) is 18.0 Å². The molecule has 1 radical (unpaired) electrons. The minimum Gasteiger partial charge on any atom is -0.478 e. The standard InChI is InChI=1S/C8H6O7S.Na/c9-7(10)4-2-1-3-5(16(13,14)15)6(4)8(11)12;/h1-3H,(H,9,10)(H,11,12)(H,13,14,15);. The smallest absolute Gasteiger partial charge is 0.338 e. The van der Waals surface area contributed by atoms with Crippen molar-refractivity contribution in [2.75, 3.05) is 0 Å². The summed E-state index contributed by atoms with van der Waals surface area (Å²) >= 11 is 0. The van der Waals surface area contributed by atoms with Crippen LogP contribution in [0.25, 0.3) is 0 Å². The molecule has 3 N–H and O–H groups in total. The van der Waals surface area contributed by atoms with E-state index >= 15 is 0 Å². The van der Waals surface area contributed by atoms with Gasteiger partial charge in [0.2, 0.25) is 0 Å². The molecule has 1 rings (SSSR count). The fraction of sp³-hybridized carbons (Fsp3) is 0. The van der Waals surface area contributed by atoms with E-state index in [1.807, 2.05) is 0 Å². The molecule has 1 aromatic rings. The number of carbonyl (C=O) groups is 2. The molecule has 0 atom stereocenters. The van der Waals surface area contributed by atoms with Crippen molar-refractivity contribution >= 4 is 51.6 Å². The van der Waals surface area contributed by atoms with E-state index in [1.54, 1.807) is 0 Å². The van der Waals surface area contributed by atoms with E-state index < -0.39 is 38.1 Å². The minimum atomic E-state index is -4.78. The quantitative estimate of drug-likeness (QED) is 0.518. The van der Waals surface area contributed by atoms with Gasteiger partial charge in [0.1, 0.15) is 4.90 Å². The summed E-state index contributed by atoms with van der Waals surface area (Å²) in [5, 5.41) is 17.4. The zero-order valence-corrected chi connectivity index (χ0v) is 11.4. The van der Waals surface area contributed by atoms with Gasteiger partial charge >= 0.3 is 11.9 Å². The maximum atomic E-state index is 10.8. The molecule has 0 unspecified atom stereocenters. The molecule has 0 saturated carbocycles. The topological polar surface area (TPSA) is 129 Å². The number of hydrogen-bond acceptors (Lipinski definition) is 4. The van der Waals surface area contributed by atoms with Crippen molar-refractivity contribution in [1.82, 2.24) is 0 Å². The van der Waals surface area contributed by atoms with Crippen LogP contribution >= 0.6 is 0 Å². The molecule has 0 fully saturated rings. The van der Waals surface area contributed by atoms with E-state index in [-0.39, 0.29) is 29.6 Å². The summed E-state index contributed by atoms with van der Waals surface area (Å²) in [6.45, 7) is 0. The SMILES string of the molecule is O=C(O)c1cccc(S(=O)(=O)O)c1C(=O)O.[Na]. The second-order valence-electron chi connectivity index (χ2n) is 2.76. The molecule has 9 heteroatoms. The van der Waals surface area contributed by atoms with Crippen LogP contribution in [0, 0.1) is 0 Å². The van der Waals surface area contributed by atoms with Crippen LogP contribution in [0.5, 0.6) is 0 Å². The first-order valence-electron chi connectivity index (χ1n) is 3.82. The van der Waals surface area contributed by atoms with Gasteiger partial charge in [-0.15, -0.1) is 0 Å². The summed E-state index contributed by atoms with van der Waals surface area (Å²) in [5.41, 5.74) is -1.67. The van der Waals surface area contributed by atoms with Gasteiger partial charge in [0.25, 0.3) is 10.1 Å². The van der Waals surface area contributed by atoms with Crippen molar-refractivity contribution in [2.24, 2.45) is 0 Å². The van der Waals surface area contributed by atoms with Gasteiger partial charge in [-0.2, -0.15) is 8.42 Å². The fourth-order valence-electron chi connectivity index (χ4n) is 1.14. The molecule has 0 aliphatic heterocycles. The van der Waals surface area contributed by atoms with Gasteiger partial charge in [0, 0.05) is 29.6 Å². The second-order valence-corrected chi connectivity index (χ2v) is 4.15. The zero-order chi connectivity index (χ0) is 12.5. The first-order valence-corrected chi connectivity index (χ1v) is 5.26. The summed E-state index contributed by atoms with van der Waals surface area (Å²) in [6.07, 6.45) is 0. The average molecular weight is 269 g/mol. The molecule has 0 saturated heterocycles. The van der Waals surface area contributed by atoms with Crippen LogP contribution in [0.3, 0.4) is 0 Å². The van der Waals surface area contributed by atoms with Gasteiger partial charge in [0.15, 0.2) is 0 Å². The molecule has 0 aliphatic carbocycles. The Morgan fingerprint density at radius 2 is 1.59 bits per heavy atom. The van der Waals surface area contributed by atoms with Crippen LogP contribution in [0.2, 0.25) is 0 Å². The Balaban J connectivity index is 0.00000256.